The summed E-state index contributed by atoms with van der Waals surface area (Å²) >= 11 is 6.57. The molecular formula is C25H31Br2N3O7S. The van der Waals surface area contributed by atoms with Gasteiger partial charge in [-0.15, -0.1) is 0 Å². The first-order valence-electron chi connectivity index (χ1n) is 11.8. The molecule has 1 saturated heterocycles. The Kier molecular flexibility index (Phi) is 10.1. The Balaban J connectivity index is 1.68. The van der Waals surface area contributed by atoms with Gasteiger partial charge in [0.05, 0.1) is 18.0 Å². The average molecular weight is 677 g/mol. The van der Waals surface area contributed by atoms with E-state index in [9.17, 15) is 18.0 Å². The van der Waals surface area contributed by atoms with Crippen LogP contribution in [0.5, 0.6) is 5.75 Å². The second-order valence-electron chi connectivity index (χ2n) is 9.68. The molecule has 1 heterocycles. The van der Waals surface area contributed by atoms with Crippen LogP contribution < -0.4 is 14.8 Å². The number of nitrogens with one attached hydrogen (secondary N) is 2. The maximum atomic E-state index is 13.1. The van der Waals surface area contributed by atoms with Crippen molar-refractivity contribution in [2.45, 2.75) is 56.3 Å². The summed E-state index contributed by atoms with van der Waals surface area (Å²) in [6.45, 7) is 5.31. The van der Waals surface area contributed by atoms with Gasteiger partial charge in [-0.05, 0) is 67.4 Å². The smallest absolute Gasteiger partial charge is 0.410 e. The summed E-state index contributed by atoms with van der Waals surface area (Å²) in [6.07, 6.45) is -1.07. The Morgan fingerprint density at radius 1 is 1.13 bits per heavy atom. The number of carbonyl (C=O) groups is 2. The summed E-state index contributed by atoms with van der Waals surface area (Å²) in [7, 11) is -2.38. The molecule has 38 heavy (non-hydrogen) atoms. The van der Waals surface area contributed by atoms with Crippen molar-refractivity contribution in [2.75, 3.05) is 20.3 Å². The molecule has 2 aromatic rings. The molecule has 0 aromatic heterocycles. The summed E-state index contributed by atoms with van der Waals surface area (Å²) in [4.78, 5) is 26.8. The molecule has 0 aliphatic carbocycles. The normalized spacial score (nSPS) is 17.7. The minimum absolute atomic E-state index is 0.0522. The molecule has 208 valence electrons. The Morgan fingerprint density at radius 3 is 2.53 bits per heavy atom. The zero-order chi connectivity index (χ0) is 28.1. The Morgan fingerprint density at radius 2 is 1.84 bits per heavy atom. The molecule has 0 unspecified atom stereocenters. The number of likely N-dealkylation sites (tertiary alicyclic amines) is 1. The lowest BCUT2D eigenvalue weighted by atomic mass is 10.2. The van der Waals surface area contributed by atoms with Gasteiger partial charge >= 0.3 is 12.2 Å². The maximum absolute atomic E-state index is 13.1. The van der Waals surface area contributed by atoms with Crippen LogP contribution >= 0.6 is 31.9 Å². The van der Waals surface area contributed by atoms with Gasteiger partial charge in [-0.2, -0.15) is 0 Å². The number of ether oxygens (including phenoxy) is 3. The predicted molar refractivity (Wildman–Crippen MR) is 148 cm³/mol. The Bertz CT molecular complexity index is 1270. The summed E-state index contributed by atoms with van der Waals surface area (Å²) in [5.74, 6) is 0.631. The third-order valence-electron chi connectivity index (χ3n) is 5.57. The number of hydrogen-bond donors (Lipinski definition) is 2. The van der Waals surface area contributed by atoms with E-state index in [4.69, 9.17) is 14.2 Å². The highest BCUT2D eigenvalue weighted by atomic mass is 79.9. The Labute approximate surface area is 239 Å². The second-order valence-corrected chi connectivity index (χ2v) is 13.1. The molecule has 0 spiro atoms. The molecular weight excluding hydrogens is 646 g/mol. The second kappa shape index (κ2) is 12.7. The van der Waals surface area contributed by atoms with Crippen molar-refractivity contribution >= 4 is 54.1 Å². The van der Waals surface area contributed by atoms with Crippen LogP contribution in [0.25, 0.3) is 0 Å². The molecule has 2 amide bonds. The summed E-state index contributed by atoms with van der Waals surface area (Å²) in [5.41, 5.74) is 0.0179. The van der Waals surface area contributed by atoms with Crippen molar-refractivity contribution in [1.82, 2.24) is 14.9 Å². The van der Waals surface area contributed by atoms with Crippen LogP contribution in [0.1, 0.15) is 32.8 Å². The molecule has 0 saturated carbocycles. The fourth-order valence-corrected chi connectivity index (χ4v) is 6.65. The van der Waals surface area contributed by atoms with E-state index >= 15 is 0 Å². The maximum Gasteiger partial charge on any atom is 0.410 e. The molecule has 1 fully saturated rings. The average Bonchev–Trinajstić information content (AvgIpc) is 3.24. The third kappa shape index (κ3) is 8.32. The number of hydrogen-bond acceptors (Lipinski definition) is 7. The highest BCUT2D eigenvalue weighted by Gasteiger charge is 2.40. The molecule has 2 aromatic carbocycles. The number of benzene rings is 2. The first-order valence-corrected chi connectivity index (χ1v) is 14.9. The van der Waals surface area contributed by atoms with Gasteiger partial charge in [-0.1, -0.05) is 34.1 Å². The van der Waals surface area contributed by atoms with Crippen molar-refractivity contribution in [3.63, 3.8) is 0 Å². The number of alkyl carbamates (subject to hydrolysis) is 1. The molecule has 2 atom stereocenters. The van der Waals surface area contributed by atoms with Gasteiger partial charge in [0.2, 0.25) is 10.0 Å². The van der Waals surface area contributed by atoms with E-state index in [0.29, 0.717) is 14.7 Å². The Hall–Kier alpha value is -2.35. The number of nitrogens with zero attached hydrogens (tertiary/aromatic N) is 1. The van der Waals surface area contributed by atoms with Gasteiger partial charge in [-0.3, -0.25) is 0 Å². The number of halogens is 2. The van der Waals surface area contributed by atoms with E-state index in [1.54, 1.807) is 46.1 Å². The highest BCUT2D eigenvalue weighted by molar-refractivity contribution is 9.11. The van der Waals surface area contributed by atoms with Gasteiger partial charge < -0.3 is 24.4 Å². The lowest BCUT2D eigenvalue weighted by molar-refractivity contribution is 0.0157. The molecule has 3 rings (SSSR count). The lowest BCUT2D eigenvalue weighted by Gasteiger charge is -2.28. The van der Waals surface area contributed by atoms with Crippen LogP contribution in [0.2, 0.25) is 0 Å². The zero-order valence-electron chi connectivity index (χ0n) is 21.5. The van der Waals surface area contributed by atoms with Crippen molar-refractivity contribution < 1.29 is 32.2 Å². The number of sulfonamides is 1. The molecule has 0 radical (unpaired) electrons. The lowest BCUT2D eigenvalue weighted by Crippen LogP contribution is -2.43. The largest absolute Gasteiger partial charge is 0.496 e. The van der Waals surface area contributed by atoms with Crippen LogP contribution in [0.4, 0.5) is 9.59 Å². The molecule has 1 aliphatic rings. The van der Waals surface area contributed by atoms with Crippen molar-refractivity contribution in [3.05, 3.63) is 57.0 Å². The number of rotatable bonds is 8. The molecule has 13 heteroatoms. The number of methoxy groups -OCH3 is 1. The standard InChI is InChI=1S/C25H31Br2N3O7S/c1-25(2,3)37-24(32)30-14-18(29-38(33,34)22-11-17(26)9-10-20(22)27)12-19(30)15-36-23(31)28-13-16-7-5-6-8-21(16)35-4/h5-11,18-19,29H,12-15H2,1-4H3,(H,28,31)/t18-,19-/m1/s1. The quantitative estimate of drug-likeness (QED) is 0.412. The summed E-state index contributed by atoms with van der Waals surface area (Å²) in [6, 6.07) is 10.9. The molecule has 0 bridgehead atoms. The van der Waals surface area contributed by atoms with Crippen LogP contribution in [-0.2, 0) is 26.0 Å². The number of amides is 2. The monoisotopic (exact) mass is 675 g/mol. The summed E-state index contributed by atoms with van der Waals surface area (Å²) in [5, 5.41) is 2.67. The van der Waals surface area contributed by atoms with Crippen molar-refractivity contribution in [3.8, 4) is 5.75 Å². The molecule has 2 N–H and O–H groups in total. The van der Waals surface area contributed by atoms with Crippen LogP contribution in [-0.4, -0.2) is 63.5 Å². The minimum atomic E-state index is -3.92. The van der Waals surface area contributed by atoms with Crippen LogP contribution in [0.3, 0.4) is 0 Å². The van der Waals surface area contributed by atoms with E-state index in [-0.39, 0.29) is 31.0 Å². The van der Waals surface area contributed by atoms with Gasteiger partial charge in [0.1, 0.15) is 18.0 Å². The van der Waals surface area contributed by atoms with Gasteiger partial charge in [0, 0.05) is 33.6 Å². The third-order valence-corrected chi connectivity index (χ3v) is 8.58. The topological polar surface area (TPSA) is 123 Å². The van der Waals surface area contributed by atoms with E-state index in [0.717, 1.165) is 5.56 Å². The van der Waals surface area contributed by atoms with Crippen LogP contribution in [0.15, 0.2) is 56.3 Å². The van der Waals surface area contributed by atoms with E-state index in [2.05, 4.69) is 41.9 Å². The van der Waals surface area contributed by atoms with Gasteiger partial charge in [-0.25, -0.2) is 22.7 Å². The fourth-order valence-electron chi connectivity index (χ4n) is 3.91. The van der Waals surface area contributed by atoms with Crippen molar-refractivity contribution in [1.29, 1.82) is 0 Å². The van der Waals surface area contributed by atoms with Gasteiger partial charge in [0.25, 0.3) is 0 Å². The van der Waals surface area contributed by atoms with Crippen molar-refractivity contribution in [2.24, 2.45) is 0 Å². The zero-order valence-corrected chi connectivity index (χ0v) is 25.5. The molecule has 10 nitrogen and oxygen atoms in total. The summed E-state index contributed by atoms with van der Waals surface area (Å²) < 4.78 is 46.1. The number of carbonyl (C=O) groups excluding carboxylic acids is 2. The van der Waals surface area contributed by atoms with Crippen LogP contribution in [0, 0.1) is 0 Å². The highest BCUT2D eigenvalue weighted by Crippen LogP contribution is 2.28. The van der Waals surface area contributed by atoms with E-state index in [1.165, 1.54) is 11.0 Å². The predicted octanol–water partition coefficient (Wildman–Crippen LogP) is 4.80. The number of para-hydroxylation sites is 1. The van der Waals surface area contributed by atoms with E-state index < -0.39 is 39.9 Å². The SMILES string of the molecule is COc1ccccc1CNC(=O)OC[C@H]1C[C@@H](NS(=O)(=O)c2cc(Br)ccc2Br)CN1C(=O)OC(C)(C)C. The first kappa shape index (κ1) is 30.2. The van der Waals surface area contributed by atoms with Gasteiger partial charge in [0.15, 0.2) is 0 Å². The minimum Gasteiger partial charge on any atom is -0.496 e. The molecule has 1 aliphatic heterocycles. The first-order chi connectivity index (χ1) is 17.8. The fraction of sp³-hybridized carbons (Fsp3) is 0.440. The van der Waals surface area contributed by atoms with E-state index in [1.807, 2.05) is 18.2 Å².